The van der Waals surface area contributed by atoms with Gasteiger partial charge < -0.3 is 15.2 Å². The highest BCUT2D eigenvalue weighted by molar-refractivity contribution is 5.77. The molecule has 0 saturated heterocycles. The minimum atomic E-state index is -0.539. The van der Waals surface area contributed by atoms with E-state index in [9.17, 15) is 4.79 Å². The van der Waals surface area contributed by atoms with E-state index in [1.807, 2.05) is 24.3 Å². The van der Waals surface area contributed by atoms with Crippen molar-refractivity contribution >= 4 is 5.91 Å². The first kappa shape index (κ1) is 13.5. The van der Waals surface area contributed by atoms with E-state index in [0.717, 1.165) is 6.42 Å². The second-order valence-electron chi connectivity index (χ2n) is 3.94. The van der Waals surface area contributed by atoms with Crippen LogP contribution in [0.15, 0.2) is 24.3 Å². The van der Waals surface area contributed by atoms with E-state index in [0.29, 0.717) is 5.75 Å². The predicted octanol–water partition coefficient (Wildman–Crippen LogP) is 1.12. The van der Waals surface area contributed by atoms with Gasteiger partial charge in [0, 0.05) is 6.54 Å². The van der Waals surface area contributed by atoms with Crippen molar-refractivity contribution in [2.45, 2.75) is 26.4 Å². The summed E-state index contributed by atoms with van der Waals surface area (Å²) in [5.41, 5.74) is 1.23. The number of carbonyl (C=O) groups is 1. The van der Waals surface area contributed by atoms with Crippen molar-refractivity contribution in [1.29, 1.82) is 0 Å². The molecule has 0 aliphatic heterocycles. The lowest BCUT2D eigenvalue weighted by molar-refractivity contribution is -0.123. The Balaban J connectivity index is 2.31. The van der Waals surface area contributed by atoms with Gasteiger partial charge in [-0.15, -0.1) is 0 Å². The van der Waals surface area contributed by atoms with E-state index in [2.05, 4.69) is 12.2 Å². The lowest BCUT2D eigenvalue weighted by Gasteiger charge is -2.09. The van der Waals surface area contributed by atoms with Gasteiger partial charge in [-0.25, -0.2) is 0 Å². The van der Waals surface area contributed by atoms with Crippen LogP contribution in [0, 0.1) is 0 Å². The molecular weight excluding hydrogens is 218 g/mol. The number of benzene rings is 1. The van der Waals surface area contributed by atoms with E-state index < -0.39 is 6.10 Å². The molecule has 0 fully saturated rings. The standard InChI is InChI=1S/C13H19NO3/c1-3-11-4-6-12(7-5-11)17-9-13(16)14-8-10(2)15/h4-7,10,15H,3,8-9H2,1-2H3,(H,14,16)/t10-/m0/s1. The van der Waals surface area contributed by atoms with Crippen LogP contribution in [-0.2, 0) is 11.2 Å². The highest BCUT2D eigenvalue weighted by Crippen LogP contribution is 2.12. The number of rotatable bonds is 6. The number of hydrogen-bond donors (Lipinski definition) is 2. The van der Waals surface area contributed by atoms with E-state index in [4.69, 9.17) is 9.84 Å². The van der Waals surface area contributed by atoms with Crippen LogP contribution in [0.2, 0.25) is 0 Å². The fraction of sp³-hybridized carbons (Fsp3) is 0.462. The Kier molecular flexibility index (Phi) is 5.49. The number of nitrogens with one attached hydrogen (secondary N) is 1. The van der Waals surface area contributed by atoms with Gasteiger partial charge >= 0.3 is 0 Å². The molecule has 0 heterocycles. The molecule has 0 aliphatic carbocycles. The lowest BCUT2D eigenvalue weighted by Crippen LogP contribution is -2.34. The third-order valence-corrected chi connectivity index (χ3v) is 2.30. The van der Waals surface area contributed by atoms with Gasteiger partial charge in [0.2, 0.25) is 0 Å². The minimum Gasteiger partial charge on any atom is -0.484 e. The van der Waals surface area contributed by atoms with Gasteiger partial charge in [0.15, 0.2) is 6.61 Å². The monoisotopic (exact) mass is 237 g/mol. The summed E-state index contributed by atoms with van der Waals surface area (Å²) in [6, 6.07) is 7.65. The number of hydrogen-bond acceptors (Lipinski definition) is 3. The zero-order chi connectivity index (χ0) is 12.7. The van der Waals surface area contributed by atoms with Gasteiger partial charge in [-0.3, -0.25) is 4.79 Å². The first-order chi connectivity index (χ1) is 8.11. The highest BCUT2D eigenvalue weighted by atomic mass is 16.5. The topological polar surface area (TPSA) is 58.6 Å². The molecule has 1 atom stereocenters. The van der Waals surface area contributed by atoms with Crippen LogP contribution in [0.1, 0.15) is 19.4 Å². The van der Waals surface area contributed by atoms with Crippen molar-refractivity contribution in [3.63, 3.8) is 0 Å². The lowest BCUT2D eigenvalue weighted by atomic mass is 10.2. The smallest absolute Gasteiger partial charge is 0.258 e. The molecule has 0 radical (unpaired) electrons. The molecule has 2 N–H and O–H groups in total. The molecule has 0 aliphatic rings. The van der Waals surface area contributed by atoms with Crippen LogP contribution in [0.5, 0.6) is 5.75 Å². The maximum absolute atomic E-state index is 11.3. The van der Waals surface area contributed by atoms with Crippen LogP contribution in [-0.4, -0.2) is 30.3 Å². The first-order valence-corrected chi connectivity index (χ1v) is 5.78. The predicted molar refractivity (Wildman–Crippen MR) is 66.0 cm³/mol. The number of ether oxygens (including phenoxy) is 1. The van der Waals surface area contributed by atoms with Crippen molar-refractivity contribution in [1.82, 2.24) is 5.32 Å². The SMILES string of the molecule is CCc1ccc(OCC(=O)NC[C@H](C)O)cc1. The Hall–Kier alpha value is -1.55. The van der Waals surface area contributed by atoms with Crippen LogP contribution in [0.3, 0.4) is 0 Å². The molecular formula is C13H19NO3. The molecule has 1 aromatic rings. The fourth-order valence-corrected chi connectivity index (χ4v) is 1.28. The van der Waals surface area contributed by atoms with Crippen LogP contribution in [0.25, 0.3) is 0 Å². The van der Waals surface area contributed by atoms with Crippen molar-refractivity contribution in [3.8, 4) is 5.75 Å². The summed E-state index contributed by atoms with van der Waals surface area (Å²) in [4.78, 5) is 11.3. The van der Waals surface area contributed by atoms with Gasteiger partial charge in [0.05, 0.1) is 6.10 Å². The summed E-state index contributed by atoms with van der Waals surface area (Å²) in [5.74, 6) is 0.444. The van der Waals surface area contributed by atoms with Crippen molar-refractivity contribution in [3.05, 3.63) is 29.8 Å². The molecule has 4 heteroatoms. The van der Waals surface area contributed by atoms with E-state index in [1.54, 1.807) is 6.92 Å². The minimum absolute atomic E-state index is 0.0296. The largest absolute Gasteiger partial charge is 0.484 e. The van der Waals surface area contributed by atoms with Crippen molar-refractivity contribution in [2.75, 3.05) is 13.2 Å². The van der Waals surface area contributed by atoms with Crippen molar-refractivity contribution in [2.24, 2.45) is 0 Å². The zero-order valence-corrected chi connectivity index (χ0v) is 10.3. The Morgan fingerprint density at radius 3 is 2.59 bits per heavy atom. The number of aryl methyl sites for hydroxylation is 1. The molecule has 1 rings (SSSR count). The number of carbonyl (C=O) groups excluding carboxylic acids is 1. The average molecular weight is 237 g/mol. The molecule has 1 aromatic carbocycles. The molecule has 1 amide bonds. The normalized spacial score (nSPS) is 11.9. The molecule has 0 aromatic heterocycles. The third kappa shape index (κ3) is 5.36. The van der Waals surface area contributed by atoms with Gasteiger partial charge in [-0.1, -0.05) is 19.1 Å². The molecule has 0 spiro atoms. The average Bonchev–Trinajstić information content (AvgIpc) is 2.34. The van der Waals surface area contributed by atoms with Crippen LogP contribution in [0.4, 0.5) is 0 Å². The Labute approximate surface area is 102 Å². The van der Waals surface area contributed by atoms with Gasteiger partial charge in [0.1, 0.15) is 5.75 Å². The quantitative estimate of drug-likeness (QED) is 0.779. The number of aliphatic hydroxyl groups is 1. The highest BCUT2D eigenvalue weighted by Gasteiger charge is 2.03. The Morgan fingerprint density at radius 1 is 1.41 bits per heavy atom. The summed E-state index contributed by atoms with van der Waals surface area (Å²) in [6.07, 6.45) is 0.442. The van der Waals surface area contributed by atoms with Crippen LogP contribution < -0.4 is 10.1 Å². The summed E-state index contributed by atoms with van der Waals surface area (Å²) >= 11 is 0. The molecule has 4 nitrogen and oxygen atoms in total. The maximum atomic E-state index is 11.3. The summed E-state index contributed by atoms with van der Waals surface area (Å²) in [5, 5.41) is 11.5. The van der Waals surface area contributed by atoms with E-state index in [-0.39, 0.29) is 19.1 Å². The number of amides is 1. The summed E-state index contributed by atoms with van der Waals surface area (Å²) < 4.78 is 5.31. The van der Waals surface area contributed by atoms with E-state index in [1.165, 1.54) is 5.56 Å². The van der Waals surface area contributed by atoms with E-state index >= 15 is 0 Å². The van der Waals surface area contributed by atoms with Gasteiger partial charge in [-0.2, -0.15) is 0 Å². The molecule has 94 valence electrons. The van der Waals surface area contributed by atoms with Crippen molar-refractivity contribution < 1.29 is 14.6 Å². The molecule has 17 heavy (non-hydrogen) atoms. The molecule has 0 bridgehead atoms. The molecule has 0 unspecified atom stereocenters. The second-order valence-corrected chi connectivity index (χ2v) is 3.94. The second kappa shape index (κ2) is 6.91. The zero-order valence-electron chi connectivity index (χ0n) is 10.3. The number of aliphatic hydroxyl groups excluding tert-OH is 1. The van der Waals surface area contributed by atoms with Gasteiger partial charge in [-0.05, 0) is 31.0 Å². The van der Waals surface area contributed by atoms with Gasteiger partial charge in [0.25, 0.3) is 5.91 Å². The van der Waals surface area contributed by atoms with Crippen LogP contribution >= 0.6 is 0 Å². The maximum Gasteiger partial charge on any atom is 0.258 e. The Bertz CT molecular complexity index is 346. The first-order valence-electron chi connectivity index (χ1n) is 5.78. The molecule has 0 saturated carbocycles. The fourth-order valence-electron chi connectivity index (χ4n) is 1.28. The Morgan fingerprint density at radius 2 is 2.06 bits per heavy atom. The summed E-state index contributed by atoms with van der Waals surface area (Å²) in [7, 11) is 0. The summed E-state index contributed by atoms with van der Waals surface area (Å²) in [6.45, 7) is 3.92. The third-order valence-electron chi connectivity index (χ3n) is 2.30.